The van der Waals surface area contributed by atoms with Gasteiger partial charge in [-0.3, -0.25) is 9.59 Å². The summed E-state index contributed by atoms with van der Waals surface area (Å²) in [6, 6.07) is 0. The van der Waals surface area contributed by atoms with E-state index in [2.05, 4.69) is 0 Å². The minimum atomic E-state index is -1.21. The van der Waals surface area contributed by atoms with Gasteiger partial charge in [-0.05, 0) is 54.4 Å². The zero-order valence-electron chi connectivity index (χ0n) is 12.7. The first-order valence-corrected chi connectivity index (χ1v) is 6.58. The predicted molar refractivity (Wildman–Crippen MR) is 72.5 cm³/mol. The number of rotatable bonds is 2. The molecular weight excluding hydrogens is 244 g/mol. The van der Waals surface area contributed by atoms with Gasteiger partial charge in [0.1, 0.15) is 11.2 Å². The number of ether oxygens (including phenoxy) is 2. The van der Waals surface area contributed by atoms with Crippen molar-refractivity contribution in [3.8, 4) is 0 Å². The number of carbonyl (C=O) groups excluding carboxylic acids is 2. The lowest BCUT2D eigenvalue weighted by Gasteiger charge is -2.32. The number of esters is 2. The predicted octanol–water partition coefficient (Wildman–Crippen LogP) is 3.01. The van der Waals surface area contributed by atoms with Crippen molar-refractivity contribution in [2.45, 2.75) is 65.6 Å². The summed E-state index contributed by atoms with van der Waals surface area (Å²) in [7, 11) is 0. The van der Waals surface area contributed by atoms with Gasteiger partial charge in [0.25, 0.3) is 0 Å². The molecule has 0 fully saturated rings. The Morgan fingerprint density at radius 3 is 1.42 bits per heavy atom. The third kappa shape index (κ3) is 4.08. The summed E-state index contributed by atoms with van der Waals surface area (Å²) in [4.78, 5) is 24.7. The average molecular weight is 268 g/mol. The van der Waals surface area contributed by atoms with Crippen LogP contribution in [0.4, 0.5) is 0 Å². The summed E-state index contributed by atoms with van der Waals surface area (Å²) in [6.07, 6.45) is 4.34. The van der Waals surface area contributed by atoms with Crippen LogP contribution in [0.25, 0.3) is 0 Å². The molecule has 0 radical (unpaired) electrons. The topological polar surface area (TPSA) is 52.6 Å². The Balaban J connectivity index is 2.92. The highest BCUT2D eigenvalue weighted by Crippen LogP contribution is 2.38. The van der Waals surface area contributed by atoms with Crippen LogP contribution in [0.5, 0.6) is 0 Å². The van der Waals surface area contributed by atoms with E-state index in [1.165, 1.54) is 0 Å². The molecule has 0 saturated heterocycles. The van der Waals surface area contributed by atoms with E-state index >= 15 is 0 Å². The number of hydrogen-bond donors (Lipinski definition) is 0. The highest BCUT2D eigenvalue weighted by Gasteiger charge is 2.51. The van der Waals surface area contributed by atoms with E-state index in [4.69, 9.17) is 9.47 Å². The normalized spacial score (nSPS) is 18.2. The summed E-state index contributed by atoms with van der Waals surface area (Å²) in [6.45, 7) is 10.7. The van der Waals surface area contributed by atoms with Crippen molar-refractivity contribution < 1.29 is 19.1 Å². The molecule has 0 aromatic heterocycles. The number of hydrogen-bond acceptors (Lipinski definition) is 4. The summed E-state index contributed by atoms with van der Waals surface area (Å²) in [5.74, 6) is -1.00. The summed E-state index contributed by atoms with van der Waals surface area (Å²) in [5.41, 5.74) is -2.44. The van der Waals surface area contributed by atoms with Crippen molar-refractivity contribution in [2.24, 2.45) is 5.41 Å². The Labute approximate surface area is 115 Å². The summed E-state index contributed by atoms with van der Waals surface area (Å²) >= 11 is 0. The van der Waals surface area contributed by atoms with E-state index in [1.54, 1.807) is 41.5 Å². The lowest BCUT2D eigenvalue weighted by atomic mass is 9.85. The Morgan fingerprint density at radius 1 is 0.842 bits per heavy atom. The minimum Gasteiger partial charge on any atom is -0.459 e. The molecule has 4 heteroatoms. The van der Waals surface area contributed by atoms with E-state index in [0.717, 1.165) is 0 Å². The first-order valence-electron chi connectivity index (χ1n) is 6.58. The largest absolute Gasteiger partial charge is 0.459 e. The van der Waals surface area contributed by atoms with Crippen LogP contribution in [0.15, 0.2) is 12.2 Å². The van der Waals surface area contributed by atoms with Gasteiger partial charge in [-0.1, -0.05) is 12.2 Å². The van der Waals surface area contributed by atoms with Gasteiger partial charge >= 0.3 is 11.9 Å². The first-order chi connectivity index (χ1) is 8.46. The van der Waals surface area contributed by atoms with Crippen LogP contribution in [0.3, 0.4) is 0 Å². The van der Waals surface area contributed by atoms with Crippen molar-refractivity contribution in [2.75, 3.05) is 0 Å². The first kappa shape index (κ1) is 15.7. The number of carbonyl (C=O) groups is 2. The Morgan fingerprint density at radius 2 is 1.16 bits per heavy atom. The fourth-order valence-corrected chi connectivity index (χ4v) is 1.82. The van der Waals surface area contributed by atoms with E-state index in [0.29, 0.717) is 12.8 Å². The SMILES string of the molecule is CC(C)(C)OC(=O)C1(C(=O)OC(C)(C)C)CC=CC1. The lowest BCUT2D eigenvalue weighted by Crippen LogP contribution is -2.45. The van der Waals surface area contributed by atoms with Gasteiger partial charge in [-0.25, -0.2) is 0 Å². The van der Waals surface area contributed by atoms with E-state index in [1.807, 2.05) is 12.2 Å². The zero-order chi connectivity index (χ0) is 14.9. The third-order valence-corrected chi connectivity index (χ3v) is 2.68. The van der Waals surface area contributed by atoms with Gasteiger partial charge < -0.3 is 9.47 Å². The van der Waals surface area contributed by atoms with Crippen molar-refractivity contribution in [1.82, 2.24) is 0 Å². The van der Waals surface area contributed by atoms with Crippen molar-refractivity contribution >= 4 is 11.9 Å². The van der Waals surface area contributed by atoms with Crippen LogP contribution in [0.2, 0.25) is 0 Å². The molecule has 0 aromatic rings. The summed E-state index contributed by atoms with van der Waals surface area (Å²) < 4.78 is 10.8. The van der Waals surface area contributed by atoms with Crippen LogP contribution in [-0.4, -0.2) is 23.1 Å². The van der Waals surface area contributed by atoms with Gasteiger partial charge in [-0.15, -0.1) is 0 Å². The maximum atomic E-state index is 12.3. The van der Waals surface area contributed by atoms with Gasteiger partial charge in [0.15, 0.2) is 5.41 Å². The van der Waals surface area contributed by atoms with Gasteiger partial charge in [0.05, 0.1) is 0 Å². The highest BCUT2D eigenvalue weighted by molar-refractivity contribution is 6.01. The monoisotopic (exact) mass is 268 g/mol. The third-order valence-electron chi connectivity index (χ3n) is 2.68. The van der Waals surface area contributed by atoms with Crippen LogP contribution in [0, 0.1) is 5.41 Å². The maximum absolute atomic E-state index is 12.3. The molecule has 0 unspecified atom stereocenters. The van der Waals surface area contributed by atoms with Crippen LogP contribution in [-0.2, 0) is 19.1 Å². The van der Waals surface area contributed by atoms with E-state index < -0.39 is 28.6 Å². The van der Waals surface area contributed by atoms with Crippen molar-refractivity contribution in [3.05, 3.63) is 12.2 Å². The molecular formula is C15H24O4. The zero-order valence-corrected chi connectivity index (χ0v) is 12.7. The fraction of sp³-hybridized carbons (Fsp3) is 0.733. The second-order valence-electron chi connectivity index (χ2n) is 6.97. The fourth-order valence-electron chi connectivity index (χ4n) is 1.82. The molecule has 108 valence electrons. The Bertz CT molecular complexity index is 355. The molecule has 0 saturated carbocycles. The molecule has 1 aliphatic rings. The number of allylic oxidation sites excluding steroid dienone is 2. The van der Waals surface area contributed by atoms with Gasteiger partial charge in [0, 0.05) is 0 Å². The molecule has 1 rings (SSSR count). The Hall–Kier alpha value is -1.32. The molecule has 0 amide bonds. The van der Waals surface area contributed by atoms with Crippen LogP contribution in [0.1, 0.15) is 54.4 Å². The molecule has 0 heterocycles. The molecule has 0 aliphatic heterocycles. The van der Waals surface area contributed by atoms with Crippen LogP contribution < -0.4 is 0 Å². The molecule has 4 nitrogen and oxygen atoms in total. The maximum Gasteiger partial charge on any atom is 0.324 e. The van der Waals surface area contributed by atoms with Gasteiger partial charge in [0.2, 0.25) is 0 Å². The quantitative estimate of drug-likeness (QED) is 0.439. The lowest BCUT2D eigenvalue weighted by molar-refractivity contribution is -0.184. The van der Waals surface area contributed by atoms with Crippen molar-refractivity contribution in [3.63, 3.8) is 0 Å². The molecule has 0 spiro atoms. The van der Waals surface area contributed by atoms with Crippen LogP contribution >= 0.6 is 0 Å². The van der Waals surface area contributed by atoms with E-state index in [-0.39, 0.29) is 0 Å². The highest BCUT2D eigenvalue weighted by atomic mass is 16.6. The molecule has 0 bridgehead atoms. The second kappa shape index (κ2) is 4.99. The molecule has 1 aliphatic carbocycles. The van der Waals surface area contributed by atoms with Gasteiger partial charge in [-0.2, -0.15) is 0 Å². The minimum absolute atomic E-state index is 0.344. The van der Waals surface area contributed by atoms with E-state index in [9.17, 15) is 9.59 Å². The molecule has 0 atom stereocenters. The summed E-state index contributed by atoms with van der Waals surface area (Å²) in [5, 5.41) is 0. The standard InChI is InChI=1S/C15H24O4/c1-13(2,3)18-11(16)15(9-7-8-10-15)12(17)19-14(4,5)6/h7-8H,9-10H2,1-6H3. The second-order valence-corrected chi connectivity index (χ2v) is 6.97. The Kier molecular flexibility index (Phi) is 4.13. The average Bonchev–Trinajstić information content (AvgIpc) is 2.60. The smallest absolute Gasteiger partial charge is 0.324 e. The van der Waals surface area contributed by atoms with Crippen molar-refractivity contribution in [1.29, 1.82) is 0 Å². The molecule has 0 aromatic carbocycles. The molecule has 0 N–H and O–H groups in total. The molecule has 19 heavy (non-hydrogen) atoms.